The topological polar surface area (TPSA) is 58.8 Å². The summed E-state index contributed by atoms with van der Waals surface area (Å²) in [5.74, 6) is 2.07. The Bertz CT molecular complexity index is 635. The van der Waals surface area contributed by atoms with Crippen LogP contribution in [0.2, 0.25) is 0 Å². The molecule has 0 radical (unpaired) electrons. The Hall–Kier alpha value is -1.56. The van der Waals surface area contributed by atoms with Gasteiger partial charge in [0.2, 0.25) is 5.89 Å². The van der Waals surface area contributed by atoms with Crippen molar-refractivity contribution in [3.05, 3.63) is 17.8 Å². The summed E-state index contributed by atoms with van der Waals surface area (Å²) in [7, 11) is 0. The van der Waals surface area contributed by atoms with Gasteiger partial charge in [-0.2, -0.15) is 0 Å². The molecule has 1 aromatic heterocycles. The number of ether oxygens (including phenoxy) is 1. The van der Waals surface area contributed by atoms with Crippen LogP contribution in [0.1, 0.15) is 84.3 Å². The number of hydrogen-bond donors (Lipinski definition) is 0. The van der Waals surface area contributed by atoms with E-state index in [2.05, 4.69) is 23.7 Å². The van der Waals surface area contributed by atoms with Crippen LogP contribution in [-0.2, 0) is 11.3 Å². The van der Waals surface area contributed by atoms with Gasteiger partial charge < -0.3 is 14.1 Å². The second kappa shape index (κ2) is 8.21. The van der Waals surface area contributed by atoms with Crippen LogP contribution in [0.5, 0.6) is 0 Å². The van der Waals surface area contributed by atoms with Crippen LogP contribution in [0.15, 0.2) is 10.6 Å². The van der Waals surface area contributed by atoms with E-state index < -0.39 is 5.60 Å². The Kier molecular flexibility index (Phi) is 6.14. The Morgan fingerprint density at radius 3 is 2.63 bits per heavy atom. The van der Waals surface area contributed by atoms with Gasteiger partial charge in [0.05, 0.1) is 18.8 Å². The van der Waals surface area contributed by atoms with Crippen molar-refractivity contribution in [3.8, 4) is 0 Å². The molecule has 3 heterocycles. The van der Waals surface area contributed by atoms with Crippen LogP contribution in [-0.4, -0.2) is 51.7 Å². The Morgan fingerprint density at radius 2 is 1.96 bits per heavy atom. The molecule has 2 atom stereocenters. The molecule has 0 spiro atoms. The molecule has 2 saturated heterocycles. The molecule has 1 aromatic rings. The average Bonchev–Trinajstić information content (AvgIpc) is 3.23. The summed E-state index contributed by atoms with van der Waals surface area (Å²) >= 11 is 0. The van der Waals surface area contributed by atoms with E-state index in [1.54, 1.807) is 0 Å². The number of aromatic nitrogens is 1. The molecule has 0 aromatic carbocycles. The Labute approximate surface area is 163 Å². The van der Waals surface area contributed by atoms with Gasteiger partial charge in [0.25, 0.3) is 0 Å². The fourth-order valence-electron chi connectivity index (χ4n) is 4.23. The lowest BCUT2D eigenvalue weighted by molar-refractivity contribution is 0.00533. The number of oxazole rings is 1. The standard InChI is InChI=1S/C21H35N3O3/c1-15(2)18-13-22-19(26-18)14-23-11-7-6-9-16(23)17-10-8-12-24(17)20(25)27-21(3,4)5/h13,15-17H,6-12,14H2,1-5H3/t16-,17+/m1/s1. The number of carbonyl (C=O) groups excluding carboxylic acids is 1. The maximum absolute atomic E-state index is 12.7. The summed E-state index contributed by atoms with van der Waals surface area (Å²) in [6.07, 6.45) is 7.28. The summed E-state index contributed by atoms with van der Waals surface area (Å²) < 4.78 is 11.6. The monoisotopic (exact) mass is 377 g/mol. The molecular formula is C21H35N3O3. The zero-order chi connectivity index (χ0) is 19.6. The molecule has 0 unspecified atom stereocenters. The minimum absolute atomic E-state index is 0.172. The molecule has 6 nitrogen and oxygen atoms in total. The third kappa shape index (κ3) is 5.03. The maximum atomic E-state index is 12.7. The maximum Gasteiger partial charge on any atom is 0.410 e. The largest absolute Gasteiger partial charge is 0.444 e. The van der Waals surface area contributed by atoms with Crippen LogP contribution >= 0.6 is 0 Å². The van der Waals surface area contributed by atoms with E-state index >= 15 is 0 Å². The predicted octanol–water partition coefficient (Wildman–Crippen LogP) is 4.55. The first-order valence-corrected chi connectivity index (χ1v) is 10.4. The van der Waals surface area contributed by atoms with Gasteiger partial charge in [0.1, 0.15) is 11.4 Å². The van der Waals surface area contributed by atoms with E-state index in [1.165, 1.54) is 12.8 Å². The number of nitrogens with zero attached hydrogens (tertiary/aromatic N) is 3. The summed E-state index contributed by atoms with van der Waals surface area (Å²) in [4.78, 5) is 21.6. The van der Waals surface area contributed by atoms with Crippen molar-refractivity contribution in [1.29, 1.82) is 0 Å². The number of hydrogen-bond acceptors (Lipinski definition) is 5. The third-order valence-electron chi connectivity index (χ3n) is 5.51. The molecule has 0 saturated carbocycles. The minimum Gasteiger partial charge on any atom is -0.444 e. The van der Waals surface area contributed by atoms with Gasteiger partial charge in [0.15, 0.2) is 0 Å². The summed E-state index contributed by atoms with van der Waals surface area (Å²) in [5, 5.41) is 0. The highest BCUT2D eigenvalue weighted by Gasteiger charge is 2.40. The van der Waals surface area contributed by atoms with E-state index in [9.17, 15) is 4.79 Å². The van der Waals surface area contributed by atoms with E-state index in [1.807, 2.05) is 31.9 Å². The molecule has 1 amide bonds. The SMILES string of the molecule is CC(C)c1cnc(CN2CCCC[C@@H]2[C@@H]2CCCN2C(=O)OC(C)(C)C)o1. The Morgan fingerprint density at radius 1 is 1.22 bits per heavy atom. The molecule has 0 bridgehead atoms. The van der Waals surface area contributed by atoms with Crippen molar-refractivity contribution in [2.24, 2.45) is 0 Å². The first kappa shape index (κ1) is 20.2. The van der Waals surface area contributed by atoms with Crippen molar-refractivity contribution in [3.63, 3.8) is 0 Å². The minimum atomic E-state index is -0.457. The molecule has 2 aliphatic rings. The van der Waals surface area contributed by atoms with Gasteiger partial charge in [0, 0.05) is 18.5 Å². The molecular weight excluding hydrogens is 342 g/mol. The fourth-order valence-corrected chi connectivity index (χ4v) is 4.23. The molecule has 27 heavy (non-hydrogen) atoms. The molecule has 6 heteroatoms. The highest BCUT2D eigenvalue weighted by atomic mass is 16.6. The van der Waals surface area contributed by atoms with Gasteiger partial charge in [-0.1, -0.05) is 20.3 Å². The van der Waals surface area contributed by atoms with Crippen molar-refractivity contribution in [2.75, 3.05) is 13.1 Å². The highest BCUT2D eigenvalue weighted by molar-refractivity contribution is 5.69. The smallest absolute Gasteiger partial charge is 0.410 e. The summed E-state index contributed by atoms with van der Waals surface area (Å²) in [5.41, 5.74) is -0.457. The lowest BCUT2D eigenvalue weighted by atomic mass is 9.94. The second-order valence-electron chi connectivity index (χ2n) is 9.23. The van der Waals surface area contributed by atoms with E-state index in [0.29, 0.717) is 12.0 Å². The molecule has 2 aliphatic heterocycles. The van der Waals surface area contributed by atoms with Gasteiger partial charge in [-0.05, 0) is 53.0 Å². The summed E-state index contributed by atoms with van der Waals surface area (Å²) in [6, 6.07) is 0.572. The fraction of sp³-hybridized carbons (Fsp3) is 0.810. The van der Waals surface area contributed by atoms with Gasteiger partial charge >= 0.3 is 6.09 Å². The number of piperidine rings is 1. The van der Waals surface area contributed by atoms with Crippen molar-refractivity contribution in [2.45, 2.75) is 96.9 Å². The van der Waals surface area contributed by atoms with Crippen LogP contribution in [0, 0.1) is 0 Å². The van der Waals surface area contributed by atoms with Crippen molar-refractivity contribution < 1.29 is 13.9 Å². The Balaban J connectivity index is 1.70. The molecule has 0 N–H and O–H groups in total. The predicted molar refractivity (Wildman–Crippen MR) is 105 cm³/mol. The van der Waals surface area contributed by atoms with Crippen molar-refractivity contribution >= 4 is 6.09 Å². The van der Waals surface area contributed by atoms with Crippen LogP contribution in [0.4, 0.5) is 4.79 Å². The quantitative estimate of drug-likeness (QED) is 0.770. The van der Waals surface area contributed by atoms with E-state index in [-0.39, 0.29) is 12.1 Å². The van der Waals surface area contributed by atoms with Crippen LogP contribution in [0.3, 0.4) is 0 Å². The first-order valence-electron chi connectivity index (χ1n) is 10.4. The van der Waals surface area contributed by atoms with Crippen LogP contribution < -0.4 is 0 Å². The molecule has 152 valence electrons. The lowest BCUT2D eigenvalue weighted by Crippen LogP contribution is -2.53. The lowest BCUT2D eigenvalue weighted by Gasteiger charge is -2.41. The van der Waals surface area contributed by atoms with E-state index in [4.69, 9.17) is 9.15 Å². The number of rotatable bonds is 4. The highest BCUT2D eigenvalue weighted by Crippen LogP contribution is 2.31. The normalized spacial score (nSPS) is 24.6. The van der Waals surface area contributed by atoms with Gasteiger partial charge in [-0.25, -0.2) is 9.78 Å². The van der Waals surface area contributed by atoms with Crippen LogP contribution in [0.25, 0.3) is 0 Å². The van der Waals surface area contributed by atoms with Gasteiger partial charge in [-0.15, -0.1) is 0 Å². The zero-order valence-corrected chi connectivity index (χ0v) is 17.5. The molecule has 3 rings (SSSR count). The van der Waals surface area contributed by atoms with Gasteiger partial charge in [-0.3, -0.25) is 4.90 Å². The average molecular weight is 378 g/mol. The van der Waals surface area contributed by atoms with Crippen molar-refractivity contribution in [1.82, 2.24) is 14.8 Å². The number of carbonyl (C=O) groups is 1. The zero-order valence-electron chi connectivity index (χ0n) is 17.5. The number of amides is 1. The second-order valence-corrected chi connectivity index (χ2v) is 9.23. The third-order valence-corrected chi connectivity index (χ3v) is 5.51. The summed E-state index contributed by atoms with van der Waals surface area (Å²) in [6.45, 7) is 12.6. The number of likely N-dealkylation sites (tertiary alicyclic amines) is 2. The molecule has 2 fully saturated rings. The van der Waals surface area contributed by atoms with E-state index in [0.717, 1.165) is 50.5 Å². The molecule has 0 aliphatic carbocycles. The first-order chi connectivity index (χ1) is 12.7.